The van der Waals surface area contributed by atoms with Gasteiger partial charge in [0.15, 0.2) is 11.5 Å². The van der Waals surface area contributed by atoms with Crippen molar-refractivity contribution in [3.63, 3.8) is 0 Å². The summed E-state index contributed by atoms with van der Waals surface area (Å²) in [6.07, 6.45) is 1.39. The van der Waals surface area contributed by atoms with E-state index in [1.807, 2.05) is 22.6 Å². The van der Waals surface area contributed by atoms with Crippen LogP contribution in [0.25, 0.3) is 0 Å². The summed E-state index contributed by atoms with van der Waals surface area (Å²) < 4.78 is 5.90. The summed E-state index contributed by atoms with van der Waals surface area (Å²) in [5.41, 5.74) is 2.87. The number of amides is 1. The summed E-state index contributed by atoms with van der Waals surface area (Å²) in [5, 5.41) is 24.4. The number of aromatic hydroxyl groups is 1. The second-order valence-corrected chi connectivity index (χ2v) is 5.95. The lowest BCUT2D eigenvalue weighted by Crippen LogP contribution is -2.17. The van der Waals surface area contributed by atoms with Crippen LogP contribution in [0.2, 0.25) is 0 Å². The van der Waals surface area contributed by atoms with Crippen LogP contribution in [0.4, 0.5) is 5.69 Å². The highest BCUT2D eigenvalue weighted by Gasteiger charge is 2.11. The number of nitro groups is 1. The number of nitrogens with one attached hydrogen (secondary N) is 1. The highest BCUT2D eigenvalue weighted by atomic mass is 127. The molecule has 9 heteroatoms. The number of nitrogens with zero attached hydrogens (tertiary/aromatic N) is 2. The highest BCUT2D eigenvalue weighted by Crippen LogP contribution is 2.32. The molecule has 0 heterocycles. The molecule has 2 N–H and O–H groups in total. The molecule has 2 aromatic rings. The SMILES string of the molecule is CCOc1cc(C=NNC(=O)c2cccc([N+](=O)[O-])c2)cc(I)c1O. The van der Waals surface area contributed by atoms with Crippen LogP contribution < -0.4 is 10.2 Å². The fourth-order valence-electron chi connectivity index (χ4n) is 1.92. The predicted molar refractivity (Wildman–Crippen MR) is 100 cm³/mol. The van der Waals surface area contributed by atoms with Crippen molar-refractivity contribution < 1.29 is 19.6 Å². The smallest absolute Gasteiger partial charge is 0.271 e. The number of non-ortho nitro benzene ring substituents is 1. The van der Waals surface area contributed by atoms with Crippen LogP contribution >= 0.6 is 22.6 Å². The number of carbonyl (C=O) groups excluding carboxylic acids is 1. The molecule has 8 nitrogen and oxygen atoms in total. The Labute approximate surface area is 156 Å². The first kappa shape index (κ1) is 18.6. The topological polar surface area (TPSA) is 114 Å². The molecule has 0 bridgehead atoms. The molecule has 0 radical (unpaired) electrons. The van der Waals surface area contributed by atoms with E-state index in [0.29, 0.717) is 21.5 Å². The van der Waals surface area contributed by atoms with E-state index in [-0.39, 0.29) is 17.0 Å². The van der Waals surface area contributed by atoms with E-state index < -0.39 is 10.8 Å². The average Bonchev–Trinajstić information content (AvgIpc) is 2.59. The molecule has 0 aromatic heterocycles. The number of hydrazone groups is 1. The molecule has 0 saturated carbocycles. The van der Waals surface area contributed by atoms with Crippen molar-refractivity contribution in [2.45, 2.75) is 6.92 Å². The van der Waals surface area contributed by atoms with Crippen molar-refractivity contribution in [1.82, 2.24) is 5.43 Å². The number of phenolic OH excluding ortho intramolecular Hbond substituents is 1. The summed E-state index contributed by atoms with van der Waals surface area (Å²) in [5.74, 6) is -0.209. The lowest BCUT2D eigenvalue weighted by atomic mass is 10.2. The Balaban J connectivity index is 2.11. The van der Waals surface area contributed by atoms with Gasteiger partial charge in [-0.05, 0) is 53.3 Å². The van der Waals surface area contributed by atoms with E-state index in [1.165, 1.54) is 30.5 Å². The Morgan fingerprint density at radius 1 is 1.44 bits per heavy atom. The number of halogens is 1. The van der Waals surface area contributed by atoms with E-state index in [2.05, 4.69) is 10.5 Å². The zero-order chi connectivity index (χ0) is 18.4. The molecule has 2 rings (SSSR count). The zero-order valence-electron chi connectivity index (χ0n) is 13.1. The van der Waals surface area contributed by atoms with Crippen LogP contribution in [0.1, 0.15) is 22.8 Å². The molecule has 0 aliphatic carbocycles. The monoisotopic (exact) mass is 455 g/mol. The van der Waals surface area contributed by atoms with Crippen LogP contribution in [-0.2, 0) is 0 Å². The Bertz CT molecular complexity index is 839. The molecular formula is C16H14IN3O5. The van der Waals surface area contributed by atoms with Crippen molar-refractivity contribution in [3.05, 3.63) is 61.2 Å². The number of hydrogen-bond donors (Lipinski definition) is 2. The zero-order valence-corrected chi connectivity index (χ0v) is 15.3. The Morgan fingerprint density at radius 2 is 2.20 bits per heavy atom. The number of phenols is 1. The number of ether oxygens (including phenoxy) is 1. The van der Waals surface area contributed by atoms with Gasteiger partial charge in [-0.3, -0.25) is 14.9 Å². The quantitative estimate of drug-likeness (QED) is 0.301. The second kappa shape index (κ2) is 8.42. The molecule has 0 saturated heterocycles. The van der Waals surface area contributed by atoms with Gasteiger partial charge >= 0.3 is 0 Å². The van der Waals surface area contributed by atoms with Crippen LogP contribution in [0.15, 0.2) is 41.5 Å². The van der Waals surface area contributed by atoms with E-state index >= 15 is 0 Å². The largest absolute Gasteiger partial charge is 0.504 e. The van der Waals surface area contributed by atoms with E-state index in [0.717, 1.165) is 0 Å². The van der Waals surface area contributed by atoms with Gasteiger partial charge in [0.05, 0.1) is 21.3 Å². The minimum absolute atomic E-state index is 0.0419. The third kappa shape index (κ3) is 4.89. The highest BCUT2D eigenvalue weighted by molar-refractivity contribution is 14.1. The van der Waals surface area contributed by atoms with Gasteiger partial charge in [-0.25, -0.2) is 5.43 Å². The van der Waals surface area contributed by atoms with Crippen LogP contribution in [-0.4, -0.2) is 28.8 Å². The predicted octanol–water partition coefficient (Wildman–Crippen LogP) is 3.07. The van der Waals surface area contributed by atoms with Gasteiger partial charge in [0, 0.05) is 17.7 Å². The van der Waals surface area contributed by atoms with E-state index in [4.69, 9.17) is 4.74 Å². The molecule has 0 aliphatic rings. The standard InChI is InChI=1S/C16H14IN3O5/c1-2-25-14-7-10(6-13(17)15(14)21)9-18-19-16(22)11-4-3-5-12(8-11)20(23)24/h3-9,21H,2H2,1H3,(H,19,22). The molecule has 0 unspecified atom stereocenters. The second-order valence-electron chi connectivity index (χ2n) is 4.79. The first-order valence-electron chi connectivity index (χ1n) is 7.15. The lowest BCUT2D eigenvalue weighted by molar-refractivity contribution is -0.384. The maximum atomic E-state index is 12.0. The van der Waals surface area contributed by atoms with Crippen molar-refractivity contribution in [2.24, 2.45) is 5.10 Å². The molecule has 0 fully saturated rings. The van der Waals surface area contributed by atoms with Crippen LogP contribution in [0.3, 0.4) is 0 Å². The van der Waals surface area contributed by atoms with Gasteiger partial charge < -0.3 is 9.84 Å². The van der Waals surface area contributed by atoms with Gasteiger partial charge in [0.25, 0.3) is 11.6 Å². The van der Waals surface area contributed by atoms with E-state index in [9.17, 15) is 20.0 Å². The first-order valence-corrected chi connectivity index (χ1v) is 8.23. The Kier molecular flexibility index (Phi) is 6.28. The van der Waals surface area contributed by atoms with Crippen LogP contribution in [0.5, 0.6) is 11.5 Å². The molecule has 2 aromatic carbocycles. The van der Waals surface area contributed by atoms with Crippen molar-refractivity contribution in [1.29, 1.82) is 0 Å². The van der Waals surface area contributed by atoms with Gasteiger partial charge in [-0.1, -0.05) is 6.07 Å². The number of hydrogen-bond acceptors (Lipinski definition) is 6. The van der Waals surface area contributed by atoms with Crippen molar-refractivity contribution in [3.8, 4) is 11.5 Å². The summed E-state index contributed by atoms with van der Waals surface area (Å²) in [6, 6.07) is 8.60. The fraction of sp³-hybridized carbons (Fsp3) is 0.125. The molecule has 0 atom stereocenters. The average molecular weight is 455 g/mol. The summed E-state index contributed by atoms with van der Waals surface area (Å²) in [6.45, 7) is 2.19. The van der Waals surface area contributed by atoms with Gasteiger partial charge in [0.2, 0.25) is 0 Å². The van der Waals surface area contributed by atoms with Gasteiger partial charge in [0.1, 0.15) is 0 Å². The maximum Gasteiger partial charge on any atom is 0.271 e. The van der Waals surface area contributed by atoms with Crippen LogP contribution in [0, 0.1) is 13.7 Å². The molecule has 1 amide bonds. The third-order valence-corrected chi connectivity index (χ3v) is 3.87. The Morgan fingerprint density at radius 3 is 2.88 bits per heavy atom. The minimum Gasteiger partial charge on any atom is -0.504 e. The van der Waals surface area contributed by atoms with Gasteiger partial charge in [-0.15, -0.1) is 0 Å². The summed E-state index contributed by atoms with van der Waals surface area (Å²) in [4.78, 5) is 22.1. The normalized spacial score (nSPS) is 10.6. The van der Waals surface area contributed by atoms with Crippen molar-refractivity contribution in [2.75, 3.05) is 6.61 Å². The molecule has 0 aliphatic heterocycles. The number of rotatable bonds is 6. The molecule has 0 spiro atoms. The fourth-order valence-corrected chi connectivity index (χ4v) is 2.55. The Hall–Kier alpha value is -2.69. The van der Waals surface area contributed by atoms with Gasteiger partial charge in [-0.2, -0.15) is 5.10 Å². The molecule has 25 heavy (non-hydrogen) atoms. The first-order chi connectivity index (χ1) is 11.9. The summed E-state index contributed by atoms with van der Waals surface area (Å²) >= 11 is 1.96. The van der Waals surface area contributed by atoms with E-state index in [1.54, 1.807) is 19.1 Å². The number of nitro benzene ring substituents is 1. The maximum absolute atomic E-state index is 12.0. The minimum atomic E-state index is -0.576. The molecular weight excluding hydrogens is 441 g/mol. The lowest BCUT2D eigenvalue weighted by Gasteiger charge is -2.08. The number of carbonyl (C=O) groups is 1. The molecule has 130 valence electrons. The third-order valence-electron chi connectivity index (χ3n) is 3.05. The number of benzene rings is 2. The summed E-state index contributed by atoms with van der Waals surface area (Å²) in [7, 11) is 0. The van der Waals surface area contributed by atoms with Crippen molar-refractivity contribution >= 4 is 40.4 Å².